The van der Waals surface area contributed by atoms with Gasteiger partial charge in [-0.15, -0.1) is 0 Å². The van der Waals surface area contributed by atoms with Crippen molar-refractivity contribution in [3.63, 3.8) is 0 Å². The van der Waals surface area contributed by atoms with E-state index in [-0.39, 0.29) is 12.0 Å². The van der Waals surface area contributed by atoms with Crippen molar-refractivity contribution in [1.82, 2.24) is 25.2 Å². The van der Waals surface area contributed by atoms with Gasteiger partial charge in [-0.1, -0.05) is 25.9 Å². The summed E-state index contributed by atoms with van der Waals surface area (Å²) in [7, 11) is 0. The number of nitrogens with one attached hydrogen (secondary N) is 1. The van der Waals surface area contributed by atoms with Crippen molar-refractivity contribution in [3.8, 4) is 0 Å². The summed E-state index contributed by atoms with van der Waals surface area (Å²) in [6.45, 7) is 9.59. The van der Waals surface area contributed by atoms with Gasteiger partial charge in [0.05, 0.1) is 12.2 Å². The second-order valence-corrected chi connectivity index (χ2v) is 7.07. The number of aryl methyl sites for hydroxylation is 1. The van der Waals surface area contributed by atoms with Crippen LogP contribution in [0.25, 0.3) is 0 Å². The van der Waals surface area contributed by atoms with Gasteiger partial charge >= 0.3 is 0 Å². The molecule has 1 saturated heterocycles. The van der Waals surface area contributed by atoms with Crippen molar-refractivity contribution in [3.05, 3.63) is 29.7 Å². The van der Waals surface area contributed by atoms with Crippen LogP contribution < -0.4 is 5.32 Å². The third-order valence-corrected chi connectivity index (χ3v) is 4.64. The number of rotatable bonds is 8. The minimum Gasteiger partial charge on any atom is -0.381 e. The number of nitrogens with zero attached hydrogens (tertiary/aromatic N) is 4. The van der Waals surface area contributed by atoms with Gasteiger partial charge in [-0.2, -0.15) is 10.1 Å². The van der Waals surface area contributed by atoms with E-state index >= 15 is 0 Å². The summed E-state index contributed by atoms with van der Waals surface area (Å²) in [5.41, 5.74) is 1.18. The molecule has 0 aliphatic carbocycles. The van der Waals surface area contributed by atoms with E-state index in [0.29, 0.717) is 11.8 Å². The highest BCUT2D eigenvalue weighted by Crippen LogP contribution is 2.30. The minimum atomic E-state index is 0.0541. The predicted octanol–water partition coefficient (Wildman–Crippen LogP) is 3.06. The maximum Gasteiger partial charge on any atom is 0.244 e. The molecule has 2 aromatic heterocycles. The molecule has 0 unspecified atom stereocenters. The van der Waals surface area contributed by atoms with E-state index in [2.05, 4.69) is 47.5 Å². The van der Waals surface area contributed by atoms with Crippen molar-refractivity contribution in [2.24, 2.45) is 5.92 Å². The van der Waals surface area contributed by atoms with Crippen LogP contribution in [0.4, 0.5) is 0 Å². The highest BCUT2D eigenvalue weighted by atomic mass is 16.5. The Morgan fingerprint density at radius 2 is 2.12 bits per heavy atom. The largest absolute Gasteiger partial charge is 0.381 e. The molecule has 1 aliphatic heterocycles. The van der Waals surface area contributed by atoms with Gasteiger partial charge in [0.2, 0.25) is 5.89 Å². The van der Waals surface area contributed by atoms with Crippen LogP contribution in [0.15, 0.2) is 16.9 Å². The number of aromatic nitrogens is 4. The van der Waals surface area contributed by atoms with Crippen LogP contribution in [-0.4, -0.2) is 33.1 Å². The third kappa shape index (κ3) is 4.67. The van der Waals surface area contributed by atoms with Gasteiger partial charge in [0.25, 0.3) is 0 Å². The molecule has 7 heteroatoms. The maximum absolute atomic E-state index is 5.59. The van der Waals surface area contributed by atoms with Crippen molar-refractivity contribution >= 4 is 0 Å². The molecule has 3 rings (SSSR count). The van der Waals surface area contributed by atoms with Gasteiger partial charge < -0.3 is 14.6 Å². The highest BCUT2D eigenvalue weighted by molar-refractivity contribution is 5.05. The molecule has 25 heavy (non-hydrogen) atoms. The second kappa shape index (κ2) is 8.58. The van der Waals surface area contributed by atoms with Gasteiger partial charge in [-0.05, 0) is 25.2 Å². The maximum atomic E-state index is 5.59. The van der Waals surface area contributed by atoms with Crippen molar-refractivity contribution in [1.29, 1.82) is 0 Å². The van der Waals surface area contributed by atoms with Crippen molar-refractivity contribution in [2.75, 3.05) is 13.2 Å². The Morgan fingerprint density at radius 3 is 2.80 bits per heavy atom. The molecule has 138 valence electrons. The fourth-order valence-electron chi connectivity index (χ4n) is 3.19. The van der Waals surface area contributed by atoms with Gasteiger partial charge in [0.15, 0.2) is 5.82 Å². The summed E-state index contributed by atoms with van der Waals surface area (Å²) >= 11 is 0. The zero-order chi connectivity index (χ0) is 17.6. The van der Waals surface area contributed by atoms with E-state index in [0.717, 1.165) is 51.4 Å². The summed E-state index contributed by atoms with van der Waals surface area (Å²) in [6.07, 6.45) is 7.12. The van der Waals surface area contributed by atoms with E-state index < -0.39 is 0 Å². The SMILES string of the molecule is CCCn1cc(CN[C@@H](c2nc(C(C)C)no2)C2CCOCC2)cn1. The first kappa shape index (κ1) is 18.1. The normalized spacial score (nSPS) is 17.3. The van der Waals surface area contributed by atoms with Gasteiger partial charge in [0.1, 0.15) is 0 Å². The van der Waals surface area contributed by atoms with E-state index in [1.54, 1.807) is 0 Å². The molecule has 0 bridgehead atoms. The first-order valence-electron chi connectivity index (χ1n) is 9.33. The Labute approximate surface area is 149 Å². The fraction of sp³-hybridized carbons (Fsp3) is 0.722. The Bertz CT molecular complexity index is 645. The van der Waals surface area contributed by atoms with Crippen LogP contribution in [-0.2, 0) is 17.8 Å². The van der Waals surface area contributed by atoms with Crippen LogP contribution >= 0.6 is 0 Å². The molecule has 7 nitrogen and oxygen atoms in total. The Hall–Kier alpha value is -1.73. The van der Waals surface area contributed by atoms with E-state index in [9.17, 15) is 0 Å². The number of hydrogen-bond acceptors (Lipinski definition) is 6. The van der Waals surface area contributed by atoms with Crippen molar-refractivity contribution < 1.29 is 9.26 Å². The second-order valence-electron chi connectivity index (χ2n) is 7.07. The van der Waals surface area contributed by atoms with Crippen LogP contribution in [0.2, 0.25) is 0 Å². The van der Waals surface area contributed by atoms with Crippen molar-refractivity contribution in [2.45, 2.75) is 65.1 Å². The molecular formula is C18H29N5O2. The molecule has 2 aromatic rings. The average molecular weight is 347 g/mol. The molecule has 1 atom stereocenters. The lowest BCUT2D eigenvalue weighted by atomic mass is 9.91. The zero-order valence-corrected chi connectivity index (χ0v) is 15.4. The lowest BCUT2D eigenvalue weighted by Crippen LogP contribution is -2.32. The molecule has 0 saturated carbocycles. The van der Waals surface area contributed by atoms with E-state index in [1.807, 2.05) is 10.9 Å². The first-order valence-corrected chi connectivity index (χ1v) is 9.33. The average Bonchev–Trinajstić information content (AvgIpc) is 3.26. The molecule has 0 radical (unpaired) electrons. The molecule has 3 heterocycles. The lowest BCUT2D eigenvalue weighted by molar-refractivity contribution is 0.0485. The van der Waals surface area contributed by atoms with Gasteiger partial charge in [0, 0.05) is 44.0 Å². The van der Waals surface area contributed by atoms with Crippen LogP contribution in [0.3, 0.4) is 0 Å². The standard InChI is InChI=1S/C18H29N5O2/c1-4-7-23-12-14(11-20-23)10-19-16(15-5-8-24-9-6-15)18-21-17(13(2)3)22-25-18/h11-13,15-16,19H,4-10H2,1-3H3/t16-/m1/s1. The summed E-state index contributed by atoms with van der Waals surface area (Å²) in [4.78, 5) is 4.63. The third-order valence-electron chi connectivity index (χ3n) is 4.64. The quantitative estimate of drug-likeness (QED) is 0.791. The number of hydrogen-bond donors (Lipinski definition) is 1. The molecule has 0 amide bonds. The lowest BCUT2D eigenvalue weighted by Gasteiger charge is -2.28. The smallest absolute Gasteiger partial charge is 0.244 e. The van der Waals surface area contributed by atoms with Crippen LogP contribution in [0, 0.1) is 5.92 Å². The zero-order valence-electron chi connectivity index (χ0n) is 15.4. The van der Waals surface area contributed by atoms with Gasteiger partial charge in [-0.3, -0.25) is 4.68 Å². The minimum absolute atomic E-state index is 0.0541. The molecule has 1 N–H and O–H groups in total. The van der Waals surface area contributed by atoms with Crippen LogP contribution in [0.5, 0.6) is 0 Å². The topological polar surface area (TPSA) is 78.0 Å². The molecule has 1 aliphatic rings. The summed E-state index contributed by atoms with van der Waals surface area (Å²) < 4.78 is 13.1. The molecule has 0 spiro atoms. The summed E-state index contributed by atoms with van der Waals surface area (Å²) in [6, 6.07) is 0.0541. The summed E-state index contributed by atoms with van der Waals surface area (Å²) in [5, 5.41) is 12.2. The molecular weight excluding hydrogens is 318 g/mol. The molecule has 1 fully saturated rings. The van der Waals surface area contributed by atoms with Gasteiger partial charge in [-0.25, -0.2) is 0 Å². The van der Waals surface area contributed by atoms with E-state index in [1.165, 1.54) is 5.56 Å². The number of ether oxygens (including phenoxy) is 1. The van der Waals surface area contributed by atoms with E-state index in [4.69, 9.17) is 9.26 Å². The Kier molecular flexibility index (Phi) is 6.20. The monoisotopic (exact) mass is 347 g/mol. The Balaban J connectivity index is 1.70. The summed E-state index contributed by atoms with van der Waals surface area (Å²) in [5.74, 6) is 2.17. The molecule has 0 aromatic carbocycles. The first-order chi connectivity index (χ1) is 12.2. The fourth-order valence-corrected chi connectivity index (χ4v) is 3.19. The highest BCUT2D eigenvalue weighted by Gasteiger charge is 2.30. The van der Waals surface area contributed by atoms with Crippen LogP contribution in [0.1, 0.15) is 69.3 Å². The Morgan fingerprint density at radius 1 is 1.32 bits per heavy atom. The predicted molar refractivity (Wildman–Crippen MR) is 94.0 cm³/mol.